The molecule has 1 aromatic carbocycles. The highest BCUT2D eigenvalue weighted by Crippen LogP contribution is 2.38. The van der Waals surface area contributed by atoms with E-state index in [1.807, 2.05) is 12.1 Å². The number of carbonyl (C=O) groups excluding carboxylic acids is 1. The third kappa shape index (κ3) is 5.80. The van der Waals surface area contributed by atoms with Gasteiger partial charge in [-0.05, 0) is 68.5 Å². The molecule has 2 saturated heterocycles. The number of hydrogen-bond donors (Lipinski definition) is 1. The molecule has 0 saturated carbocycles. The van der Waals surface area contributed by atoms with Crippen LogP contribution in [0, 0.1) is 5.92 Å². The Morgan fingerprint density at radius 3 is 2.41 bits per heavy atom. The Balaban J connectivity index is 0.00000300. The summed E-state index contributed by atoms with van der Waals surface area (Å²) >= 11 is 0. The number of rotatable bonds is 7. The third-order valence-corrected chi connectivity index (χ3v) is 5.88. The van der Waals surface area contributed by atoms with Crippen LogP contribution in [0.1, 0.15) is 37.7 Å². The number of ether oxygens (including phenoxy) is 3. The number of piperidine rings is 2. The number of methoxy groups -OCH3 is 3. The topological polar surface area (TPSA) is 60.0 Å². The van der Waals surface area contributed by atoms with Crippen LogP contribution >= 0.6 is 12.4 Å². The lowest BCUT2D eigenvalue weighted by Crippen LogP contribution is -2.50. The lowest BCUT2D eigenvalue weighted by Gasteiger charge is -2.44. The molecule has 2 heterocycles. The quantitative estimate of drug-likeness (QED) is 0.678. The van der Waals surface area contributed by atoms with Crippen molar-refractivity contribution in [1.29, 1.82) is 0 Å². The maximum absolute atomic E-state index is 12.4. The van der Waals surface area contributed by atoms with Gasteiger partial charge in [0.25, 0.3) is 0 Å². The van der Waals surface area contributed by atoms with E-state index in [9.17, 15) is 4.79 Å². The van der Waals surface area contributed by atoms with E-state index in [2.05, 4.69) is 10.2 Å². The summed E-state index contributed by atoms with van der Waals surface area (Å²) in [7, 11) is 4.73. The van der Waals surface area contributed by atoms with Crippen LogP contribution in [0.4, 0.5) is 0 Å². The van der Waals surface area contributed by atoms with Crippen molar-refractivity contribution in [3.63, 3.8) is 0 Å². The number of fused-ring (bicyclic) bond motifs is 1. The Labute approximate surface area is 180 Å². The van der Waals surface area contributed by atoms with Crippen molar-refractivity contribution in [2.24, 2.45) is 5.92 Å². The highest BCUT2D eigenvalue weighted by atomic mass is 35.5. The molecule has 0 aromatic heterocycles. The van der Waals surface area contributed by atoms with E-state index in [-0.39, 0.29) is 18.3 Å². The molecule has 162 valence electrons. The summed E-state index contributed by atoms with van der Waals surface area (Å²) in [6, 6.07) is 4.29. The van der Waals surface area contributed by atoms with Crippen molar-refractivity contribution in [3.8, 4) is 17.2 Å². The minimum atomic E-state index is -0.0679. The Kier molecular flexibility index (Phi) is 9.11. The molecule has 0 bridgehead atoms. The summed E-state index contributed by atoms with van der Waals surface area (Å²) < 4.78 is 16.0. The number of amides is 1. The van der Waals surface area contributed by atoms with Gasteiger partial charge in [-0.15, -0.1) is 12.4 Å². The minimum absolute atomic E-state index is 0. The van der Waals surface area contributed by atoms with Crippen LogP contribution in [0.15, 0.2) is 18.2 Å². The van der Waals surface area contributed by atoms with E-state index < -0.39 is 0 Å². The van der Waals surface area contributed by atoms with Crippen molar-refractivity contribution in [3.05, 3.63) is 23.8 Å². The summed E-state index contributed by atoms with van der Waals surface area (Å²) in [5.74, 6) is 2.18. The number of carbonyl (C=O) groups is 1. The van der Waals surface area contributed by atoms with E-state index in [1.165, 1.54) is 45.2 Å². The summed E-state index contributed by atoms with van der Waals surface area (Å²) in [6.07, 6.45) is 9.67. The van der Waals surface area contributed by atoms with Crippen molar-refractivity contribution < 1.29 is 19.0 Å². The highest BCUT2D eigenvalue weighted by Gasteiger charge is 2.32. The minimum Gasteiger partial charge on any atom is -0.493 e. The predicted molar refractivity (Wildman–Crippen MR) is 117 cm³/mol. The van der Waals surface area contributed by atoms with Crippen LogP contribution in [0.25, 0.3) is 6.08 Å². The van der Waals surface area contributed by atoms with Crippen molar-refractivity contribution in [1.82, 2.24) is 10.2 Å². The molecule has 2 fully saturated rings. The molecule has 2 atom stereocenters. The van der Waals surface area contributed by atoms with Crippen LogP contribution < -0.4 is 19.5 Å². The molecule has 3 rings (SSSR count). The first kappa shape index (κ1) is 23.4. The number of nitrogens with one attached hydrogen (secondary N) is 1. The van der Waals surface area contributed by atoms with Gasteiger partial charge in [0.2, 0.25) is 11.7 Å². The Morgan fingerprint density at radius 1 is 1.07 bits per heavy atom. The summed E-state index contributed by atoms with van der Waals surface area (Å²) in [4.78, 5) is 15.0. The van der Waals surface area contributed by atoms with Gasteiger partial charge in [0.05, 0.1) is 21.3 Å². The van der Waals surface area contributed by atoms with Crippen LogP contribution in [-0.2, 0) is 4.79 Å². The van der Waals surface area contributed by atoms with E-state index in [0.29, 0.717) is 29.2 Å². The van der Waals surface area contributed by atoms with Crippen LogP contribution in [0.3, 0.4) is 0 Å². The molecule has 0 radical (unpaired) electrons. The number of halogens is 1. The van der Waals surface area contributed by atoms with Gasteiger partial charge in [0.1, 0.15) is 0 Å². The largest absolute Gasteiger partial charge is 0.493 e. The van der Waals surface area contributed by atoms with E-state index >= 15 is 0 Å². The van der Waals surface area contributed by atoms with Gasteiger partial charge < -0.3 is 24.4 Å². The molecule has 0 aliphatic carbocycles. The average molecular weight is 425 g/mol. The highest BCUT2D eigenvalue weighted by molar-refractivity contribution is 5.91. The first-order valence-electron chi connectivity index (χ1n) is 10.2. The zero-order valence-electron chi connectivity index (χ0n) is 17.6. The first-order valence-corrected chi connectivity index (χ1v) is 10.2. The van der Waals surface area contributed by atoms with Crippen LogP contribution in [-0.4, -0.2) is 57.8 Å². The van der Waals surface area contributed by atoms with Crippen LogP contribution in [0.5, 0.6) is 17.2 Å². The maximum atomic E-state index is 12.4. The number of nitrogens with zero attached hydrogens (tertiary/aromatic N) is 1. The van der Waals surface area contributed by atoms with Crippen molar-refractivity contribution in [2.75, 3.05) is 41.0 Å². The van der Waals surface area contributed by atoms with Gasteiger partial charge >= 0.3 is 0 Å². The molecule has 2 aliphatic rings. The van der Waals surface area contributed by atoms with E-state index in [4.69, 9.17) is 14.2 Å². The smallest absolute Gasteiger partial charge is 0.244 e. The summed E-state index contributed by atoms with van der Waals surface area (Å²) in [6.45, 7) is 3.19. The Hall–Kier alpha value is -1.92. The van der Waals surface area contributed by atoms with Gasteiger partial charge in [-0.2, -0.15) is 0 Å². The fourth-order valence-corrected chi connectivity index (χ4v) is 4.48. The molecular formula is C22H33ClN2O4. The van der Waals surface area contributed by atoms with E-state index in [1.54, 1.807) is 33.5 Å². The summed E-state index contributed by atoms with van der Waals surface area (Å²) in [5, 5.41) is 3.10. The number of hydrogen-bond acceptors (Lipinski definition) is 5. The zero-order valence-corrected chi connectivity index (χ0v) is 18.4. The molecule has 1 N–H and O–H groups in total. The lowest BCUT2D eigenvalue weighted by molar-refractivity contribution is -0.116. The molecule has 0 spiro atoms. The SMILES string of the molecule is COc1cc(/C=C/C(=O)NC[C@@H]2CCCN3CCCC[C@H]23)cc(OC)c1OC.Cl. The lowest BCUT2D eigenvalue weighted by atomic mass is 9.83. The molecule has 2 aliphatic heterocycles. The molecule has 1 amide bonds. The Morgan fingerprint density at radius 2 is 1.76 bits per heavy atom. The maximum Gasteiger partial charge on any atom is 0.244 e. The normalized spacial score (nSPS) is 21.8. The van der Waals surface area contributed by atoms with E-state index in [0.717, 1.165) is 12.1 Å². The molecule has 0 unspecified atom stereocenters. The second-order valence-corrected chi connectivity index (χ2v) is 7.54. The second kappa shape index (κ2) is 11.3. The average Bonchev–Trinajstić information content (AvgIpc) is 2.75. The van der Waals surface area contributed by atoms with Gasteiger partial charge in [-0.1, -0.05) is 6.42 Å². The van der Waals surface area contributed by atoms with Gasteiger partial charge in [0, 0.05) is 18.7 Å². The monoisotopic (exact) mass is 424 g/mol. The first-order chi connectivity index (χ1) is 13.7. The number of benzene rings is 1. The third-order valence-electron chi connectivity index (χ3n) is 5.88. The molecule has 6 nitrogen and oxygen atoms in total. The van der Waals surface area contributed by atoms with Crippen LogP contribution in [0.2, 0.25) is 0 Å². The predicted octanol–water partition coefficient (Wildman–Crippen LogP) is 3.53. The summed E-state index contributed by atoms with van der Waals surface area (Å²) in [5.41, 5.74) is 0.820. The molecule has 7 heteroatoms. The Bertz CT molecular complexity index is 683. The van der Waals surface area contributed by atoms with Gasteiger partial charge in [-0.25, -0.2) is 0 Å². The fraction of sp³-hybridized carbons (Fsp3) is 0.591. The van der Waals surface area contributed by atoms with Crippen molar-refractivity contribution >= 4 is 24.4 Å². The van der Waals surface area contributed by atoms with Gasteiger partial charge in [0.15, 0.2) is 11.5 Å². The second-order valence-electron chi connectivity index (χ2n) is 7.54. The molecule has 29 heavy (non-hydrogen) atoms. The van der Waals surface area contributed by atoms with Gasteiger partial charge in [-0.3, -0.25) is 4.79 Å². The molecular weight excluding hydrogens is 392 g/mol. The van der Waals surface area contributed by atoms with Crippen molar-refractivity contribution in [2.45, 2.75) is 38.1 Å². The zero-order chi connectivity index (χ0) is 19.9. The standard InChI is InChI=1S/C22H32N2O4.ClH/c1-26-19-13-16(14-20(27-2)22(19)28-3)9-10-21(25)23-15-17-7-6-12-24-11-5-4-8-18(17)24;/h9-10,13-14,17-18H,4-8,11-12,15H2,1-3H3,(H,23,25);1H/b10-9+;/t17-,18+;/m0./s1. The fourth-order valence-electron chi connectivity index (χ4n) is 4.48. The molecule has 1 aromatic rings.